The molecule has 0 radical (unpaired) electrons. The lowest BCUT2D eigenvalue weighted by atomic mass is 9.79. The lowest BCUT2D eigenvalue weighted by molar-refractivity contribution is 0.0539. The van der Waals surface area contributed by atoms with Crippen molar-refractivity contribution in [3.05, 3.63) is 59.2 Å². The van der Waals surface area contributed by atoms with Crippen LogP contribution >= 0.6 is 0 Å². The average Bonchev–Trinajstić information content (AvgIpc) is 2.76. The zero-order chi connectivity index (χ0) is 21.3. The first-order chi connectivity index (χ1) is 14.4. The first-order valence-corrected chi connectivity index (χ1v) is 10.9. The van der Waals surface area contributed by atoms with Crippen molar-refractivity contribution in [3.63, 3.8) is 0 Å². The quantitative estimate of drug-likeness (QED) is 0.783. The Labute approximate surface area is 179 Å². The van der Waals surface area contributed by atoms with E-state index < -0.39 is 0 Å². The highest BCUT2D eigenvalue weighted by molar-refractivity contribution is 5.92. The molecule has 0 spiro atoms. The summed E-state index contributed by atoms with van der Waals surface area (Å²) in [6, 6.07) is 12.5. The van der Waals surface area contributed by atoms with Gasteiger partial charge >= 0.3 is 0 Å². The Balaban J connectivity index is 1.56. The molecule has 0 aliphatic carbocycles. The Bertz CT molecular complexity index is 892. The summed E-state index contributed by atoms with van der Waals surface area (Å²) in [4.78, 5) is 29.6. The number of hydrogen-bond donors (Lipinski definition) is 0. The van der Waals surface area contributed by atoms with Crippen LogP contribution in [-0.2, 0) is 5.41 Å². The third-order valence-corrected chi connectivity index (χ3v) is 6.82. The molecule has 2 aromatic rings. The van der Waals surface area contributed by atoms with Gasteiger partial charge in [0.1, 0.15) is 11.5 Å². The first kappa shape index (κ1) is 20.9. The number of benzene rings is 1. The van der Waals surface area contributed by atoms with E-state index in [0.29, 0.717) is 12.2 Å². The molecule has 6 nitrogen and oxygen atoms in total. The Hall–Kier alpha value is -2.31. The van der Waals surface area contributed by atoms with Crippen LogP contribution in [0.4, 0.5) is 0 Å². The number of likely N-dealkylation sites (N-methyl/N-ethyl adjacent to an activating group) is 1. The second kappa shape index (κ2) is 8.44. The lowest BCUT2D eigenvalue weighted by Gasteiger charge is -2.40. The fraction of sp³-hybridized carbons (Fsp3) is 0.542. The van der Waals surface area contributed by atoms with Crippen molar-refractivity contribution in [1.82, 2.24) is 24.7 Å². The molecular formula is C24H33N5O. The van der Waals surface area contributed by atoms with E-state index in [1.807, 2.05) is 24.0 Å². The minimum absolute atomic E-state index is 0.0207. The predicted molar refractivity (Wildman–Crippen MR) is 119 cm³/mol. The van der Waals surface area contributed by atoms with E-state index in [4.69, 9.17) is 9.97 Å². The number of likely N-dealkylation sites (tertiary alicyclic amines) is 1. The van der Waals surface area contributed by atoms with Crippen molar-refractivity contribution in [2.24, 2.45) is 0 Å². The zero-order valence-electron chi connectivity index (χ0n) is 18.6. The summed E-state index contributed by atoms with van der Waals surface area (Å²) < 4.78 is 0. The molecule has 0 saturated carbocycles. The third-order valence-electron chi connectivity index (χ3n) is 6.82. The number of piperazine rings is 1. The minimum atomic E-state index is -0.0672. The van der Waals surface area contributed by atoms with Crippen LogP contribution in [0.25, 0.3) is 0 Å². The van der Waals surface area contributed by atoms with Crippen molar-refractivity contribution >= 4 is 5.91 Å². The van der Waals surface area contributed by atoms with Gasteiger partial charge in [-0.05, 0) is 58.6 Å². The number of aryl methyl sites for hydroxylation is 1. The molecule has 3 heterocycles. The summed E-state index contributed by atoms with van der Waals surface area (Å²) in [5.74, 6) is 0.847. The maximum Gasteiger partial charge on any atom is 0.272 e. The topological polar surface area (TPSA) is 52.6 Å². The molecule has 6 heteroatoms. The molecule has 1 aromatic carbocycles. The number of rotatable bonds is 3. The molecule has 0 bridgehead atoms. The second-order valence-electron chi connectivity index (χ2n) is 9.24. The number of carbonyl (C=O) groups is 1. The van der Waals surface area contributed by atoms with Crippen LogP contribution in [0.1, 0.15) is 53.4 Å². The van der Waals surface area contributed by atoms with Crippen LogP contribution in [0.2, 0.25) is 0 Å². The molecule has 0 unspecified atom stereocenters. The van der Waals surface area contributed by atoms with E-state index in [2.05, 4.69) is 55.1 Å². The number of piperidine rings is 1. The minimum Gasteiger partial charge on any atom is -0.334 e. The van der Waals surface area contributed by atoms with Crippen LogP contribution in [0.3, 0.4) is 0 Å². The third kappa shape index (κ3) is 4.25. The van der Waals surface area contributed by atoms with Crippen molar-refractivity contribution < 1.29 is 4.79 Å². The van der Waals surface area contributed by atoms with Crippen LogP contribution in [0.15, 0.2) is 36.4 Å². The van der Waals surface area contributed by atoms with Gasteiger partial charge in [-0.25, -0.2) is 9.97 Å². The number of aromatic nitrogens is 2. The molecule has 160 valence electrons. The van der Waals surface area contributed by atoms with Crippen molar-refractivity contribution in [2.75, 3.05) is 46.8 Å². The van der Waals surface area contributed by atoms with Gasteiger partial charge in [-0.15, -0.1) is 0 Å². The van der Waals surface area contributed by atoms with Crippen LogP contribution in [0.5, 0.6) is 0 Å². The van der Waals surface area contributed by atoms with Gasteiger partial charge in [0, 0.05) is 30.7 Å². The molecule has 2 aliphatic rings. The van der Waals surface area contributed by atoms with Crippen molar-refractivity contribution in [2.45, 2.75) is 38.1 Å². The molecule has 2 fully saturated rings. The number of hydrogen-bond acceptors (Lipinski definition) is 5. The molecule has 4 rings (SSSR count). The van der Waals surface area contributed by atoms with E-state index in [-0.39, 0.29) is 17.4 Å². The van der Waals surface area contributed by atoms with E-state index in [1.54, 1.807) is 0 Å². The zero-order valence-corrected chi connectivity index (χ0v) is 18.6. The average molecular weight is 408 g/mol. The summed E-state index contributed by atoms with van der Waals surface area (Å²) in [7, 11) is 4.29. The Kier molecular flexibility index (Phi) is 5.89. The van der Waals surface area contributed by atoms with E-state index in [1.165, 1.54) is 5.56 Å². The van der Waals surface area contributed by atoms with Crippen molar-refractivity contribution in [1.29, 1.82) is 0 Å². The lowest BCUT2D eigenvalue weighted by Crippen LogP contribution is -2.49. The predicted octanol–water partition coefficient (Wildman–Crippen LogP) is 2.90. The standard InChI is InChI=1S/C24H33N5O/c1-18-16-20(26-23(25-18)24(2)10-12-27(3)13-11-24)22(30)29-15-14-28(4)21(17-29)19-8-6-5-7-9-19/h5-9,16,21H,10-15,17H2,1-4H3/t21-/m1/s1. The highest BCUT2D eigenvalue weighted by Crippen LogP contribution is 2.33. The number of nitrogens with zero attached hydrogens (tertiary/aromatic N) is 5. The van der Waals surface area contributed by atoms with Crippen LogP contribution < -0.4 is 0 Å². The maximum absolute atomic E-state index is 13.4. The first-order valence-electron chi connectivity index (χ1n) is 10.9. The SMILES string of the molecule is Cc1cc(C(=O)N2CCN(C)[C@@H](c3ccccc3)C2)nc(C2(C)CCN(C)CC2)n1. The summed E-state index contributed by atoms with van der Waals surface area (Å²) >= 11 is 0. The van der Waals surface area contributed by atoms with Crippen LogP contribution in [-0.4, -0.2) is 77.4 Å². The van der Waals surface area contributed by atoms with Crippen molar-refractivity contribution in [3.8, 4) is 0 Å². The molecule has 30 heavy (non-hydrogen) atoms. The highest BCUT2D eigenvalue weighted by atomic mass is 16.2. The molecule has 1 aromatic heterocycles. The normalized spacial score (nSPS) is 22.8. The van der Waals surface area contributed by atoms with Gasteiger partial charge in [-0.1, -0.05) is 37.3 Å². The highest BCUT2D eigenvalue weighted by Gasteiger charge is 2.35. The van der Waals surface area contributed by atoms with Crippen LogP contribution in [0, 0.1) is 6.92 Å². The molecule has 0 N–H and O–H groups in total. The van der Waals surface area contributed by atoms with Gasteiger partial charge in [0.15, 0.2) is 0 Å². The Morgan fingerprint density at radius 1 is 1.03 bits per heavy atom. The summed E-state index contributed by atoms with van der Waals surface area (Å²) in [6.45, 7) is 8.54. The summed E-state index contributed by atoms with van der Waals surface area (Å²) in [5.41, 5.74) is 2.59. The molecule has 1 atom stereocenters. The monoisotopic (exact) mass is 407 g/mol. The fourth-order valence-corrected chi connectivity index (χ4v) is 4.54. The Morgan fingerprint density at radius 3 is 2.43 bits per heavy atom. The van der Waals surface area contributed by atoms with Gasteiger partial charge in [0.2, 0.25) is 0 Å². The maximum atomic E-state index is 13.4. The van der Waals surface area contributed by atoms with Gasteiger partial charge in [0.25, 0.3) is 5.91 Å². The largest absolute Gasteiger partial charge is 0.334 e. The van der Waals surface area contributed by atoms with Gasteiger partial charge < -0.3 is 9.80 Å². The number of carbonyl (C=O) groups excluding carboxylic acids is 1. The second-order valence-corrected chi connectivity index (χ2v) is 9.24. The molecule has 2 aliphatic heterocycles. The summed E-state index contributed by atoms with van der Waals surface area (Å²) in [5, 5.41) is 0. The Morgan fingerprint density at radius 2 is 1.73 bits per heavy atom. The van der Waals surface area contributed by atoms with E-state index >= 15 is 0 Å². The van der Waals surface area contributed by atoms with E-state index in [0.717, 1.165) is 50.5 Å². The van der Waals surface area contributed by atoms with Gasteiger partial charge in [0.05, 0.1) is 6.04 Å². The smallest absolute Gasteiger partial charge is 0.272 e. The molecular weight excluding hydrogens is 374 g/mol. The molecule has 2 saturated heterocycles. The van der Waals surface area contributed by atoms with Gasteiger partial charge in [-0.3, -0.25) is 9.69 Å². The summed E-state index contributed by atoms with van der Waals surface area (Å²) in [6.07, 6.45) is 2.04. The molecule has 1 amide bonds. The van der Waals surface area contributed by atoms with E-state index in [9.17, 15) is 4.79 Å². The van der Waals surface area contributed by atoms with Gasteiger partial charge in [-0.2, -0.15) is 0 Å². The fourth-order valence-electron chi connectivity index (χ4n) is 4.54. The number of amides is 1.